The van der Waals surface area contributed by atoms with E-state index in [4.69, 9.17) is 10.8 Å². The van der Waals surface area contributed by atoms with Gasteiger partial charge in [0.15, 0.2) is 0 Å². The van der Waals surface area contributed by atoms with Gasteiger partial charge in [-0.2, -0.15) is 0 Å². The highest BCUT2D eigenvalue weighted by Gasteiger charge is 2.15. The predicted molar refractivity (Wildman–Crippen MR) is 67.5 cm³/mol. The van der Waals surface area contributed by atoms with E-state index in [1.54, 1.807) is 12.3 Å². The van der Waals surface area contributed by atoms with Gasteiger partial charge in [0, 0.05) is 12.5 Å². The fraction of sp³-hybridized carbons (Fsp3) is 0.308. The maximum Gasteiger partial charge on any atom is 0.326 e. The van der Waals surface area contributed by atoms with Crippen LogP contribution in [-0.4, -0.2) is 23.2 Å². The van der Waals surface area contributed by atoms with E-state index in [0.29, 0.717) is 6.42 Å². The van der Waals surface area contributed by atoms with Crippen LogP contribution in [0.3, 0.4) is 0 Å². The molecule has 4 N–H and O–H groups in total. The molecule has 0 aliphatic heterocycles. The van der Waals surface area contributed by atoms with E-state index in [1.165, 1.54) is 0 Å². The molecule has 1 rings (SSSR count). The third kappa shape index (κ3) is 5.17. The number of aliphatic carboxylic acids is 1. The van der Waals surface area contributed by atoms with Crippen molar-refractivity contribution in [2.24, 2.45) is 5.73 Å². The van der Waals surface area contributed by atoms with Crippen LogP contribution in [0.2, 0.25) is 0 Å². The molecular formula is C13H18N2O2. The first-order valence-electron chi connectivity index (χ1n) is 5.54. The van der Waals surface area contributed by atoms with Crippen LogP contribution in [0.5, 0.6) is 0 Å². The highest BCUT2D eigenvalue weighted by Crippen LogP contribution is 2.03. The van der Waals surface area contributed by atoms with Gasteiger partial charge >= 0.3 is 5.97 Å². The quantitative estimate of drug-likeness (QED) is 0.689. The zero-order chi connectivity index (χ0) is 12.7. The average Bonchev–Trinajstić information content (AvgIpc) is 2.28. The lowest BCUT2D eigenvalue weighted by atomic mass is 10.1. The summed E-state index contributed by atoms with van der Waals surface area (Å²) in [5.41, 5.74) is 6.52. The molecule has 0 saturated carbocycles. The van der Waals surface area contributed by atoms with Crippen molar-refractivity contribution in [2.45, 2.75) is 25.4 Å². The maximum absolute atomic E-state index is 11.1. The van der Waals surface area contributed by atoms with Gasteiger partial charge in [-0.25, -0.2) is 4.79 Å². The van der Waals surface area contributed by atoms with Crippen LogP contribution in [0.4, 0.5) is 0 Å². The summed E-state index contributed by atoms with van der Waals surface area (Å²) in [5.74, 6) is -0.872. The van der Waals surface area contributed by atoms with E-state index < -0.39 is 12.0 Å². The minimum atomic E-state index is -0.872. The molecule has 0 aliphatic rings. The van der Waals surface area contributed by atoms with Crippen LogP contribution in [0.25, 0.3) is 0 Å². The molecule has 0 saturated heterocycles. The molecule has 4 nitrogen and oxygen atoms in total. The van der Waals surface area contributed by atoms with Crippen molar-refractivity contribution in [2.75, 3.05) is 0 Å². The molecule has 1 aromatic rings. The monoisotopic (exact) mass is 234 g/mol. The molecule has 4 heteroatoms. The van der Waals surface area contributed by atoms with Gasteiger partial charge in [-0.15, -0.1) is 0 Å². The number of nitrogens with two attached hydrogens (primary N) is 1. The Labute approximate surface area is 101 Å². The van der Waals surface area contributed by atoms with Crippen LogP contribution in [0.15, 0.2) is 42.6 Å². The number of hydrogen-bond acceptors (Lipinski definition) is 3. The van der Waals surface area contributed by atoms with E-state index in [0.717, 1.165) is 5.56 Å². The second-order valence-corrected chi connectivity index (χ2v) is 3.97. The minimum Gasteiger partial charge on any atom is -0.480 e. The van der Waals surface area contributed by atoms with Crippen molar-refractivity contribution in [3.63, 3.8) is 0 Å². The molecule has 92 valence electrons. The van der Waals surface area contributed by atoms with E-state index in [9.17, 15) is 4.79 Å². The lowest BCUT2D eigenvalue weighted by Crippen LogP contribution is -2.35. The molecule has 0 aromatic heterocycles. The van der Waals surface area contributed by atoms with Gasteiger partial charge in [0.25, 0.3) is 0 Å². The van der Waals surface area contributed by atoms with Gasteiger partial charge in [-0.1, -0.05) is 36.4 Å². The molecule has 17 heavy (non-hydrogen) atoms. The van der Waals surface area contributed by atoms with Crippen LogP contribution >= 0.6 is 0 Å². The van der Waals surface area contributed by atoms with Gasteiger partial charge in [0.1, 0.15) is 6.04 Å². The molecule has 0 radical (unpaired) electrons. The van der Waals surface area contributed by atoms with Gasteiger partial charge in [-0.05, 0) is 18.7 Å². The molecule has 0 heterocycles. The van der Waals surface area contributed by atoms with Gasteiger partial charge in [0.2, 0.25) is 0 Å². The average molecular weight is 234 g/mol. The third-order valence-electron chi connectivity index (χ3n) is 2.28. The summed E-state index contributed by atoms with van der Waals surface area (Å²) in [7, 11) is 0. The molecule has 0 bridgehead atoms. The van der Waals surface area contributed by atoms with Crippen LogP contribution < -0.4 is 11.1 Å². The molecular weight excluding hydrogens is 216 g/mol. The van der Waals surface area contributed by atoms with Gasteiger partial charge in [-0.3, -0.25) is 0 Å². The Bertz CT molecular complexity index is 374. The van der Waals surface area contributed by atoms with Crippen LogP contribution in [0.1, 0.15) is 12.5 Å². The lowest BCUT2D eigenvalue weighted by molar-refractivity contribution is -0.139. The summed E-state index contributed by atoms with van der Waals surface area (Å²) in [6.07, 6.45) is 3.77. The van der Waals surface area contributed by atoms with Gasteiger partial charge < -0.3 is 16.2 Å². The Hall–Kier alpha value is -1.81. The zero-order valence-corrected chi connectivity index (χ0v) is 9.84. The van der Waals surface area contributed by atoms with Crippen molar-refractivity contribution in [3.8, 4) is 0 Å². The summed E-state index contributed by atoms with van der Waals surface area (Å²) in [5, 5.41) is 11.9. The molecule has 0 unspecified atom stereocenters. The van der Waals surface area contributed by atoms with Crippen molar-refractivity contribution >= 4 is 5.97 Å². The normalized spacial score (nSPS) is 14.5. The Morgan fingerprint density at radius 3 is 2.65 bits per heavy atom. The van der Waals surface area contributed by atoms with Crippen molar-refractivity contribution < 1.29 is 9.90 Å². The molecule has 2 atom stereocenters. The number of carboxylic acids is 1. The summed E-state index contributed by atoms with van der Waals surface area (Å²) in [4.78, 5) is 11.1. The molecule has 1 aromatic carbocycles. The summed E-state index contributed by atoms with van der Waals surface area (Å²) in [6, 6.07) is 8.79. The van der Waals surface area contributed by atoms with E-state index in [-0.39, 0.29) is 6.04 Å². The largest absolute Gasteiger partial charge is 0.480 e. The molecule has 0 amide bonds. The Morgan fingerprint density at radius 2 is 2.12 bits per heavy atom. The first-order valence-corrected chi connectivity index (χ1v) is 5.54. The lowest BCUT2D eigenvalue weighted by Gasteiger charge is -2.12. The standard InChI is InChI=1S/C13H18N2O2/c1-10(14)7-8-15-12(13(16)17)9-11-5-3-2-4-6-11/h2-8,10,12,15H,9,14H2,1H3,(H,16,17)/b8-7+/t10-,12-/m0/s1. The number of carbonyl (C=O) groups is 1. The number of carboxylic acid groups (broad SMARTS) is 1. The highest BCUT2D eigenvalue weighted by molar-refractivity contribution is 5.74. The molecule has 0 spiro atoms. The minimum absolute atomic E-state index is 0.0892. The smallest absolute Gasteiger partial charge is 0.326 e. The van der Waals surface area contributed by atoms with Crippen molar-refractivity contribution in [3.05, 3.63) is 48.2 Å². The number of hydrogen-bond donors (Lipinski definition) is 3. The third-order valence-corrected chi connectivity index (χ3v) is 2.28. The van der Waals surface area contributed by atoms with Gasteiger partial charge in [0.05, 0.1) is 0 Å². The summed E-state index contributed by atoms with van der Waals surface area (Å²) >= 11 is 0. The van der Waals surface area contributed by atoms with E-state index in [1.807, 2.05) is 37.3 Å². The van der Waals surface area contributed by atoms with Crippen LogP contribution in [-0.2, 0) is 11.2 Å². The zero-order valence-electron chi connectivity index (χ0n) is 9.84. The number of rotatable bonds is 6. The molecule has 0 fully saturated rings. The number of nitrogens with one attached hydrogen (secondary N) is 1. The SMILES string of the molecule is C[C@H](N)/C=C/N[C@@H](Cc1ccccc1)C(=O)O. The summed E-state index contributed by atoms with van der Waals surface area (Å²) in [6.45, 7) is 1.82. The maximum atomic E-state index is 11.1. The molecule has 0 aliphatic carbocycles. The fourth-order valence-electron chi connectivity index (χ4n) is 1.39. The van der Waals surface area contributed by atoms with Crippen molar-refractivity contribution in [1.82, 2.24) is 5.32 Å². The van der Waals surface area contributed by atoms with Crippen molar-refractivity contribution in [1.29, 1.82) is 0 Å². The topological polar surface area (TPSA) is 75.3 Å². The van der Waals surface area contributed by atoms with Crippen LogP contribution in [0, 0.1) is 0 Å². The van der Waals surface area contributed by atoms with E-state index in [2.05, 4.69) is 5.32 Å². The highest BCUT2D eigenvalue weighted by atomic mass is 16.4. The Balaban J connectivity index is 2.58. The second-order valence-electron chi connectivity index (χ2n) is 3.97. The fourth-order valence-corrected chi connectivity index (χ4v) is 1.39. The Kier molecular flexibility index (Phi) is 5.23. The predicted octanol–water partition coefficient (Wildman–Crippen LogP) is 1.13. The first-order chi connectivity index (χ1) is 8.09. The van der Waals surface area contributed by atoms with E-state index >= 15 is 0 Å². The second kappa shape index (κ2) is 6.70. The first kappa shape index (κ1) is 13.3. The summed E-state index contributed by atoms with van der Waals surface area (Å²) < 4.78 is 0. The number of benzene rings is 1. The Morgan fingerprint density at radius 1 is 1.47 bits per heavy atom.